The van der Waals surface area contributed by atoms with Gasteiger partial charge in [0.15, 0.2) is 9.84 Å². The molecule has 4 aromatic rings. The van der Waals surface area contributed by atoms with E-state index in [4.69, 9.17) is 4.98 Å². The van der Waals surface area contributed by atoms with Crippen molar-refractivity contribution in [3.05, 3.63) is 78.4 Å². The van der Waals surface area contributed by atoms with Crippen molar-refractivity contribution in [1.82, 2.24) is 9.55 Å². The van der Waals surface area contributed by atoms with Gasteiger partial charge >= 0.3 is 0 Å². The molecule has 0 radical (unpaired) electrons. The lowest BCUT2D eigenvalue weighted by Crippen LogP contribution is -1.99. The average molecular weight is 362 g/mol. The van der Waals surface area contributed by atoms with E-state index < -0.39 is 9.84 Å². The summed E-state index contributed by atoms with van der Waals surface area (Å²) in [6, 6.07) is 23.1. The Morgan fingerprint density at radius 1 is 0.846 bits per heavy atom. The van der Waals surface area contributed by atoms with Gasteiger partial charge in [0, 0.05) is 17.5 Å². The van der Waals surface area contributed by atoms with Crippen molar-refractivity contribution in [2.45, 2.75) is 11.8 Å². The molecular formula is C21H18N2O2S. The molecule has 0 atom stereocenters. The van der Waals surface area contributed by atoms with Crippen molar-refractivity contribution in [3.8, 4) is 17.1 Å². The van der Waals surface area contributed by atoms with Crippen LogP contribution >= 0.6 is 0 Å². The van der Waals surface area contributed by atoms with Crippen LogP contribution in [0.1, 0.15) is 5.56 Å². The highest BCUT2D eigenvalue weighted by Gasteiger charge is 2.15. The standard InChI is InChI=1S/C21H18N2O2S/c1-15-7-11-17(12-8-15)23-20-6-4-3-5-19(20)22-21(23)16-9-13-18(14-10-16)26(2,24)25/h3-14H,1-2H3. The third-order valence-corrected chi connectivity index (χ3v) is 5.52. The number of hydrogen-bond acceptors (Lipinski definition) is 3. The summed E-state index contributed by atoms with van der Waals surface area (Å²) in [6.45, 7) is 2.06. The number of benzene rings is 3. The molecule has 0 N–H and O–H groups in total. The molecule has 0 amide bonds. The predicted octanol–water partition coefficient (Wildman–Crippen LogP) is 4.40. The Kier molecular flexibility index (Phi) is 3.89. The third-order valence-electron chi connectivity index (χ3n) is 4.39. The van der Waals surface area contributed by atoms with Crippen LogP contribution in [0, 0.1) is 6.92 Å². The van der Waals surface area contributed by atoms with E-state index in [1.807, 2.05) is 36.4 Å². The minimum atomic E-state index is -3.22. The second-order valence-electron chi connectivity index (χ2n) is 6.39. The van der Waals surface area contributed by atoms with Crippen molar-refractivity contribution in [3.63, 3.8) is 0 Å². The van der Waals surface area contributed by atoms with E-state index >= 15 is 0 Å². The number of hydrogen-bond donors (Lipinski definition) is 0. The Balaban J connectivity index is 1.95. The molecule has 3 aromatic carbocycles. The lowest BCUT2D eigenvalue weighted by Gasteiger charge is -2.10. The molecule has 0 spiro atoms. The SMILES string of the molecule is Cc1ccc(-n2c(-c3ccc(S(C)(=O)=O)cc3)nc3ccccc32)cc1. The van der Waals surface area contributed by atoms with Gasteiger partial charge in [-0.25, -0.2) is 13.4 Å². The highest BCUT2D eigenvalue weighted by Crippen LogP contribution is 2.29. The van der Waals surface area contributed by atoms with Crippen LogP contribution in [-0.4, -0.2) is 24.2 Å². The van der Waals surface area contributed by atoms with E-state index in [1.165, 1.54) is 11.8 Å². The minimum absolute atomic E-state index is 0.305. The molecule has 1 aromatic heterocycles. The molecule has 0 aliphatic carbocycles. The van der Waals surface area contributed by atoms with Crippen LogP contribution < -0.4 is 0 Å². The smallest absolute Gasteiger partial charge is 0.175 e. The van der Waals surface area contributed by atoms with Crippen LogP contribution in [0.25, 0.3) is 28.1 Å². The third kappa shape index (κ3) is 2.91. The zero-order valence-corrected chi connectivity index (χ0v) is 15.4. The molecule has 26 heavy (non-hydrogen) atoms. The number of nitrogens with zero attached hydrogens (tertiary/aromatic N) is 2. The Bertz CT molecular complexity index is 1190. The Labute approximate surface area is 152 Å². The minimum Gasteiger partial charge on any atom is -0.292 e. The van der Waals surface area contributed by atoms with E-state index in [0.29, 0.717) is 4.90 Å². The number of rotatable bonds is 3. The molecule has 0 bridgehead atoms. The molecule has 130 valence electrons. The first-order valence-corrected chi connectivity index (χ1v) is 10.2. The molecule has 0 saturated heterocycles. The zero-order chi connectivity index (χ0) is 18.3. The van der Waals surface area contributed by atoms with Crippen molar-refractivity contribution < 1.29 is 8.42 Å². The van der Waals surface area contributed by atoms with Crippen LogP contribution in [0.3, 0.4) is 0 Å². The highest BCUT2D eigenvalue weighted by atomic mass is 32.2. The first-order chi connectivity index (χ1) is 12.4. The maximum absolute atomic E-state index is 11.7. The van der Waals surface area contributed by atoms with Crippen LogP contribution in [0.15, 0.2) is 77.7 Å². The topological polar surface area (TPSA) is 52.0 Å². The highest BCUT2D eigenvalue weighted by molar-refractivity contribution is 7.90. The molecule has 4 rings (SSSR count). The molecule has 0 fully saturated rings. The molecule has 4 nitrogen and oxygen atoms in total. The van der Waals surface area contributed by atoms with E-state index in [9.17, 15) is 8.42 Å². The van der Waals surface area contributed by atoms with Gasteiger partial charge in [0.05, 0.1) is 15.9 Å². The average Bonchev–Trinajstić information content (AvgIpc) is 3.01. The van der Waals surface area contributed by atoms with Gasteiger partial charge < -0.3 is 0 Å². The number of sulfone groups is 1. The molecule has 0 aliphatic heterocycles. The lowest BCUT2D eigenvalue weighted by molar-refractivity contribution is 0.602. The van der Waals surface area contributed by atoms with Gasteiger partial charge in [-0.05, 0) is 55.5 Å². The second-order valence-corrected chi connectivity index (χ2v) is 8.41. The Morgan fingerprint density at radius 3 is 2.15 bits per heavy atom. The number of aryl methyl sites for hydroxylation is 1. The largest absolute Gasteiger partial charge is 0.292 e. The molecular weight excluding hydrogens is 344 g/mol. The van der Waals surface area contributed by atoms with E-state index in [1.54, 1.807) is 12.1 Å². The first kappa shape index (κ1) is 16.5. The fourth-order valence-electron chi connectivity index (χ4n) is 3.03. The summed E-state index contributed by atoms with van der Waals surface area (Å²) in [4.78, 5) is 5.09. The number of para-hydroxylation sites is 2. The Morgan fingerprint density at radius 2 is 1.50 bits per heavy atom. The fourth-order valence-corrected chi connectivity index (χ4v) is 3.66. The monoisotopic (exact) mass is 362 g/mol. The molecule has 0 aliphatic rings. The van der Waals surface area contributed by atoms with Crippen molar-refractivity contribution in [2.24, 2.45) is 0 Å². The van der Waals surface area contributed by atoms with Gasteiger partial charge in [-0.3, -0.25) is 4.57 Å². The van der Waals surface area contributed by atoms with Crippen LogP contribution in [0.5, 0.6) is 0 Å². The van der Waals surface area contributed by atoms with Crippen molar-refractivity contribution >= 4 is 20.9 Å². The Hall–Kier alpha value is -2.92. The van der Waals surface area contributed by atoms with Crippen LogP contribution in [0.2, 0.25) is 0 Å². The van der Waals surface area contributed by atoms with Crippen molar-refractivity contribution in [1.29, 1.82) is 0 Å². The quantitative estimate of drug-likeness (QED) is 0.543. The second kappa shape index (κ2) is 6.11. The molecule has 1 heterocycles. The summed E-state index contributed by atoms with van der Waals surface area (Å²) >= 11 is 0. The first-order valence-electron chi connectivity index (χ1n) is 8.28. The summed E-state index contributed by atoms with van der Waals surface area (Å²) in [5, 5.41) is 0. The summed E-state index contributed by atoms with van der Waals surface area (Å²) < 4.78 is 25.5. The summed E-state index contributed by atoms with van der Waals surface area (Å²) in [5.41, 5.74) is 4.99. The van der Waals surface area contributed by atoms with Gasteiger partial charge in [0.2, 0.25) is 0 Å². The molecule has 5 heteroatoms. The van der Waals surface area contributed by atoms with Gasteiger partial charge in [-0.1, -0.05) is 29.8 Å². The lowest BCUT2D eigenvalue weighted by atomic mass is 10.2. The maximum atomic E-state index is 11.7. The van der Waals surface area contributed by atoms with Gasteiger partial charge in [-0.15, -0.1) is 0 Å². The predicted molar refractivity (Wildman–Crippen MR) is 104 cm³/mol. The van der Waals surface area contributed by atoms with Gasteiger partial charge in [0.25, 0.3) is 0 Å². The molecule has 0 unspecified atom stereocenters. The normalized spacial score (nSPS) is 11.8. The number of fused-ring (bicyclic) bond motifs is 1. The summed E-state index contributed by atoms with van der Waals surface area (Å²) in [5.74, 6) is 0.787. The van der Waals surface area contributed by atoms with Gasteiger partial charge in [-0.2, -0.15) is 0 Å². The van der Waals surface area contributed by atoms with Crippen LogP contribution in [0.4, 0.5) is 0 Å². The maximum Gasteiger partial charge on any atom is 0.175 e. The van der Waals surface area contributed by atoms with Gasteiger partial charge in [0.1, 0.15) is 5.82 Å². The van der Waals surface area contributed by atoms with Crippen molar-refractivity contribution in [2.75, 3.05) is 6.26 Å². The molecule has 0 saturated carbocycles. The van der Waals surface area contributed by atoms with E-state index in [0.717, 1.165) is 28.1 Å². The summed E-state index contributed by atoms with van der Waals surface area (Å²) in [6.07, 6.45) is 1.21. The summed E-state index contributed by atoms with van der Waals surface area (Å²) in [7, 11) is -3.22. The number of imidazole rings is 1. The number of aromatic nitrogens is 2. The van der Waals surface area contributed by atoms with Crippen LogP contribution in [-0.2, 0) is 9.84 Å². The fraction of sp³-hybridized carbons (Fsp3) is 0.0952. The van der Waals surface area contributed by atoms with E-state index in [-0.39, 0.29) is 0 Å². The zero-order valence-electron chi connectivity index (χ0n) is 14.5. The van der Waals surface area contributed by atoms with E-state index in [2.05, 4.69) is 35.8 Å².